The Morgan fingerprint density at radius 2 is 1.88 bits per heavy atom. The quantitative estimate of drug-likeness (QED) is 0.873. The topological polar surface area (TPSA) is 76.4 Å². The van der Waals surface area contributed by atoms with Gasteiger partial charge < -0.3 is 10.4 Å². The molecule has 1 fully saturated rings. The third-order valence-corrected chi connectivity index (χ3v) is 4.59. The first-order valence-electron chi connectivity index (χ1n) is 8.37. The maximum Gasteiger partial charge on any atom is 0.251 e. The number of carbonyl (C=O) groups is 1. The van der Waals surface area contributed by atoms with Gasteiger partial charge in [0.05, 0.1) is 11.6 Å². The van der Waals surface area contributed by atoms with E-state index in [1.165, 1.54) is 0 Å². The minimum absolute atomic E-state index is 0.0195. The van der Waals surface area contributed by atoms with Crippen LogP contribution in [0.3, 0.4) is 0 Å². The van der Waals surface area contributed by atoms with Gasteiger partial charge in [0.25, 0.3) is 5.91 Å². The summed E-state index contributed by atoms with van der Waals surface area (Å²) in [6.07, 6.45) is 0. The average molecular weight is 335 g/mol. The van der Waals surface area contributed by atoms with Crippen molar-refractivity contribution in [3.63, 3.8) is 0 Å². The van der Waals surface area contributed by atoms with Crippen molar-refractivity contribution in [1.29, 1.82) is 5.26 Å². The van der Waals surface area contributed by atoms with Crippen LogP contribution in [0.15, 0.2) is 54.6 Å². The van der Waals surface area contributed by atoms with Crippen molar-refractivity contribution >= 4 is 5.91 Å². The van der Waals surface area contributed by atoms with Crippen molar-refractivity contribution in [2.24, 2.45) is 5.92 Å². The van der Waals surface area contributed by atoms with Crippen LogP contribution >= 0.6 is 0 Å². The Labute approximate surface area is 147 Å². The van der Waals surface area contributed by atoms with E-state index in [4.69, 9.17) is 5.26 Å². The standard InChI is InChI=1S/C20H21N3O2/c21-10-15-6-8-16(9-7-15)11-23-12-18(14-24)19(13-23)22-20(25)17-4-2-1-3-5-17/h1-9,18-19,24H,11-14H2,(H,22,25)/t18-,19+/m0/s1. The molecule has 0 spiro atoms. The highest BCUT2D eigenvalue weighted by atomic mass is 16.3. The molecule has 0 aromatic heterocycles. The molecule has 2 atom stereocenters. The number of likely N-dealkylation sites (tertiary alicyclic amines) is 1. The number of nitriles is 1. The summed E-state index contributed by atoms with van der Waals surface area (Å²) in [6, 6.07) is 18.7. The van der Waals surface area contributed by atoms with Crippen molar-refractivity contribution < 1.29 is 9.90 Å². The maximum absolute atomic E-state index is 12.4. The lowest BCUT2D eigenvalue weighted by Gasteiger charge is -2.18. The predicted molar refractivity (Wildman–Crippen MR) is 94.7 cm³/mol. The van der Waals surface area contributed by atoms with Gasteiger partial charge in [-0.25, -0.2) is 0 Å². The summed E-state index contributed by atoms with van der Waals surface area (Å²) in [6.45, 7) is 2.21. The second-order valence-electron chi connectivity index (χ2n) is 6.39. The fraction of sp³-hybridized carbons (Fsp3) is 0.300. The van der Waals surface area contributed by atoms with Crippen LogP contribution in [0.5, 0.6) is 0 Å². The average Bonchev–Trinajstić information content (AvgIpc) is 3.04. The van der Waals surface area contributed by atoms with Gasteiger partial charge in [0.15, 0.2) is 0 Å². The summed E-state index contributed by atoms with van der Waals surface area (Å²) in [5.74, 6) is -0.0877. The van der Waals surface area contributed by atoms with Crippen LogP contribution in [0.4, 0.5) is 0 Å². The molecular formula is C20H21N3O2. The molecule has 1 aliphatic heterocycles. The van der Waals surface area contributed by atoms with E-state index >= 15 is 0 Å². The van der Waals surface area contributed by atoms with Gasteiger partial charge in [-0.15, -0.1) is 0 Å². The van der Waals surface area contributed by atoms with Crippen LogP contribution < -0.4 is 5.32 Å². The summed E-state index contributed by atoms with van der Waals surface area (Å²) >= 11 is 0. The number of benzene rings is 2. The third kappa shape index (κ3) is 4.24. The monoisotopic (exact) mass is 335 g/mol. The normalized spacial score (nSPS) is 20.2. The van der Waals surface area contributed by atoms with Crippen LogP contribution in [-0.4, -0.2) is 41.7 Å². The molecule has 0 unspecified atom stereocenters. The minimum Gasteiger partial charge on any atom is -0.396 e. The lowest BCUT2D eigenvalue weighted by molar-refractivity contribution is 0.0921. The number of nitrogens with zero attached hydrogens (tertiary/aromatic N) is 2. The zero-order chi connectivity index (χ0) is 17.6. The first-order valence-corrected chi connectivity index (χ1v) is 8.37. The smallest absolute Gasteiger partial charge is 0.251 e. The molecular weight excluding hydrogens is 314 g/mol. The van der Waals surface area contributed by atoms with Crippen molar-refractivity contribution in [3.05, 3.63) is 71.3 Å². The minimum atomic E-state index is -0.107. The van der Waals surface area contributed by atoms with Gasteiger partial charge in [0.1, 0.15) is 0 Å². The molecule has 0 aliphatic carbocycles. The molecule has 2 N–H and O–H groups in total. The van der Waals surface area contributed by atoms with Crippen LogP contribution in [-0.2, 0) is 6.54 Å². The van der Waals surface area contributed by atoms with Crippen LogP contribution in [0.25, 0.3) is 0 Å². The summed E-state index contributed by atoms with van der Waals surface area (Å²) in [5, 5.41) is 21.6. The molecule has 1 saturated heterocycles. The molecule has 0 saturated carbocycles. The molecule has 1 heterocycles. The number of hydrogen-bond acceptors (Lipinski definition) is 4. The summed E-state index contributed by atoms with van der Waals surface area (Å²) in [5.41, 5.74) is 2.39. The molecule has 0 bridgehead atoms. The third-order valence-electron chi connectivity index (χ3n) is 4.59. The van der Waals surface area contributed by atoms with Crippen molar-refractivity contribution in [2.75, 3.05) is 19.7 Å². The Morgan fingerprint density at radius 1 is 1.16 bits per heavy atom. The highest BCUT2D eigenvalue weighted by Gasteiger charge is 2.33. The molecule has 5 heteroatoms. The van der Waals surface area contributed by atoms with Crippen LogP contribution in [0.2, 0.25) is 0 Å². The number of aliphatic hydroxyl groups is 1. The molecule has 5 nitrogen and oxygen atoms in total. The van der Waals surface area contributed by atoms with E-state index in [1.54, 1.807) is 12.1 Å². The SMILES string of the molecule is N#Cc1ccc(CN2C[C@@H](CO)[C@H](NC(=O)c3ccccc3)C2)cc1. The molecule has 3 rings (SSSR count). The number of amides is 1. The number of aliphatic hydroxyl groups excluding tert-OH is 1. The molecule has 1 aliphatic rings. The maximum atomic E-state index is 12.4. The number of hydrogen-bond donors (Lipinski definition) is 2. The first-order chi connectivity index (χ1) is 12.2. The molecule has 2 aromatic rings. The zero-order valence-electron chi connectivity index (χ0n) is 13.9. The summed E-state index contributed by atoms with van der Waals surface area (Å²) < 4.78 is 0. The van der Waals surface area contributed by atoms with E-state index in [-0.39, 0.29) is 24.5 Å². The summed E-state index contributed by atoms with van der Waals surface area (Å²) in [4.78, 5) is 14.6. The molecule has 25 heavy (non-hydrogen) atoms. The Balaban J connectivity index is 1.62. The van der Waals surface area contributed by atoms with Crippen molar-refractivity contribution in [2.45, 2.75) is 12.6 Å². The van der Waals surface area contributed by atoms with E-state index in [2.05, 4.69) is 16.3 Å². The Hall–Kier alpha value is -2.68. The second-order valence-corrected chi connectivity index (χ2v) is 6.39. The van der Waals surface area contributed by atoms with Gasteiger partial charge in [0, 0.05) is 43.8 Å². The highest BCUT2D eigenvalue weighted by Crippen LogP contribution is 2.20. The van der Waals surface area contributed by atoms with Gasteiger partial charge in [-0.1, -0.05) is 30.3 Å². The van der Waals surface area contributed by atoms with E-state index in [0.717, 1.165) is 18.7 Å². The molecule has 0 radical (unpaired) electrons. The number of carbonyl (C=O) groups excluding carboxylic acids is 1. The Bertz CT molecular complexity index is 753. The summed E-state index contributed by atoms with van der Waals surface area (Å²) in [7, 11) is 0. The lowest BCUT2D eigenvalue weighted by Crippen LogP contribution is -2.41. The Kier molecular flexibility index (Phi) is 5.44. The largest absolute Gasteiger partial charge is 0.396 e. The van der Waals surface area contributed by atoms with E-state index < -0.39 is 0 Å². The van der Waals surface area contributed by atoms with Crippen molar-refractivity contribution in [3.8, 4) is 6.07 Å². The van der Waals surface area contributed by atoms with Gasteiger partial charge in [-0.3, -0.25) is 9.69 Å². The molecule has 128 valence electrons. The Morgan fingerprint density at radius 3 is 2.52 bits per heavy atom. The molecule has 2 aromatic carbocycles. The van der Waals surface area contributed by atoms with Crippen molar-refractivity contribution in [1.82, 2.24) is 10.2 Å². The van der Waals surface area contributed by atoms with Gasteiger partial charge in [-0.05, 0) is 29.8 Å². The van der Waals surface area contributed by atoms with Crippen LogP contribution in [0, 0.1) is 17.2 Å². The van der Waals surface area contributed by atoms with Gasteiger partial charge in [-0.2, -0.15) is 5.26 Å². The van der Waals surface area contributed by atoms with Gasteiger partial charge in [0.2, 0.25) is 0 Å². The van der Waals surface area contributed by atoms with Gasteiger partial charge >= 0.3 is 0 Å². The molecule has 1 amide bonds. The highest BCUT2D eigenvalue weighted by molar-refractivity contribution is 5.94. The number of rotatable bonds is 5. The zero-order valence-corrected chi connectivity index (χ0v) is 13.9. The van der Waals surface area contributed by atoms with E-state index in [1.807, 2.05) is 42.5 Å². The second kappa shape index (κ2) is 7.93. The lowest BCUT2D eigenvalue weighted by atomic mass is 10.0. The van der Waals surface area contributed by atoms with Crippen LogP contribution in [0.1, 0.15) is 21.5 Å². The predicted octanol–water partition coefficient (Wildman–Crippen LogP) is 1.78. The number of nitrogens with one attached hydrogen (secondary N) is 1. The van der Waals surface area contributed by atoms with E-state index in [0.29, 0.717) is 17.7 Å². The fourth-order valence-electron chi connectivity index (χ4n) is 3.22. The first kappa shape index (κ1) is 17.2. The fourth-order valence-corrected chi connectivity index (χ4v) is 3.22. The van der Waals surface area contributed by atoms with E-state index in [9.17, 15) is 9.90 Å².